The molecule has 1 aromatic rings. The number of nitrogens with one attached hydrogen (secondary N) is 2. The molecule has 0 aromatic carbocycles. The van der Waals surface area contributed by atoms with Crippen LogP contribution in [-0.4, -0.2) is 42.2 Å². The highest BCUT2D eigenvalue weighted by Crippen LogP contribution is 2.19. The minimum Gasteiger partial charge on any atom is -0.368 e. The molecule has 1 atom stereocenters. The first-order valence-electron chi connectivity index (χ1n) is 6.96. The van der Waals surface area contributed by atoms with Gasteiger partial charge in [-0.3, -0.25) is 0 Å². The lowest BCUT2D eigenvalue weighted by molar-refractivity contribution is 0.632. The summed E-state index contributed by atoms with van der Waals surface area (Å²) >= 11 is 0. The SMILES string of the molecule is c1nc(NCC2CCCN2)cc(N2CCCC2)n1. The largest absolute Gasteiger partial charge is 0.368 e. The van der Waals surface area contributed by atoms with E-state index in [1.807, 2.05) is 0 Å². The molecule has 3 rings (SSSR count). The van der Waals surface area contributed by atoms with Gasteiger partial charge in [-0.25, -0.2) is 9.97 Å². The van der Waals surface area contributed by atoms with Gasteiger partial charge in [0.1, 0.15) is 18.0 Å². The van der Waals surface area contributed by atoms with Crippen molar-refractivity contribution in [2.75, 3.05) is 36.4 Å². The molecular formula is C13H21N5. The van der Waals surface area contributed by atoms with Gasteiger partial charge in [-0.1, -0.05) is 0 Å². The van der Waals surface area contributed by atoms with E-state index in [-0.39, 0.29) is 0 Å². The first-order valence-corrected chi connectivity index (χ1v) is 6.96. The van der Waals surface area contributed by atoms with Gasteiger partial charge in [0.25, 0.3) is 0 Å². The van der Waals surface area contributed by atoms with E-state index in [2.05, 4.69) is 31.6 Å². The van der Waals surface area contributed by atoms with Crippen LogP contribution in [0.5, 0.6) is 0 Å². The number of nitrogens with zero attached hydrogens (tertiary/aromatic N) is 3. The Kier molecular flexibility index (Phi) is 3.59. The second-order valence-corrected chi connectivity index (χ2v) is 5.13. The highest BCUT2D eigenvalue weighted by Gasteiger charge is 2.15. The molecular weight excluding hydrogens is 226 g/mol. The van der Waals surface area contributed by atoms with Crippen LogP contribution in [0.3, 0.4) is 0 Å². The van der Waals surface area contributed by atoms with Crippen LogP contribution in [0.2, 0.25) is 0 Å². The third-order valence-electron chi connectivity index (χ3n) is 3.77. The van der Waals surface area contributed by atoms with Crippen LogP contribution < -0.4 is 15.5 Å². The lowest BCUT2D eigenvalue weighted by Crippen LogP contribution is -2.29. The van der Waals surface area contributed by atoms with Crippen molar-refractivity contribution in [3.63, 3.8) is 0 Å². The summed E-state index contributed by atoms with van der Waals surface area (Å²) in [4.78, 5) is 11.0. The van der Waals surface area contributed by atoms with E-state index in [0.29, 0.717) is 6.04 Å². The topological polar surface area (TPSA) is 53.1 Å². The molecule has 0 amide bonds. The number of rotatable bonds is 4. The molecule has 5 heteroatoms. The molecule has 18 heavy (non-hydrogen) atoms. The molecule has 5 nitrogen and oxygen atoms in total. The van der Waals surface area contributed by atoms with Crippen molar-refractivity contribution in [3.05, 3.63) is 12.4 Å². The van der Waals surface area contributed by atoms with Gasteiger partial charge in [0, 0.05) is 31.7 Å². The van der Waals surface area contributed by atoms with Crippen LogP contribution >= 0.6 is 0 Å². The molecule has 0 saturated carbocycles. The Morgan fingerprint density at radius 1 is 1.28 bits per heavy atom. The predicted octanol–water partition coefficient (Wildman–Crippen LogP) is 1.24. The number of hydrogen-bond donors (Lipinski definition) is 2. The standard InChI is InChI=1S/C13H21N5/c1-2-7-18(6-1)13-8-12(16-10-17-13)15-9-11-4-3-5-14-11/h8,10-11,14H,1-7,9H2,(H,15,16,17). The lowest BCUT2D eigenvalue weighted by atomic mass is 10.2. The Balaban J connectivity index is 1.59. The van der Waals surface area contributed by atoms with Crippen molar-refractivity contribution in [1.82, 2.24) is 15.3 Å². The van der Waals surface area contributed by atoms with Crippen LogP contribution in [-0.2, 0) is 0 Å². The monoisotopic (exact) mass is 247 g/mol. The van der Waals surface area contributed by atoms with Crippen molar-refractivity contribution in [3.8, 4) is 0 Å². The summed E-state index contributed by atoms with van der Waals surface area (Å²) in [7, 11) is 0. The van der Waals surface area contributed by atoms with Gasteiger partial charge in [0.15, 0.2) is 0 Å². The minimum atomic E-state index is 0.593. The molecule has 0 aliphatic carbocycles. The molecule has 1 aromatic heterocycles. The summed E-state index contributed by atoms with van der Waals surface area (Å²) < 4.78 is 0. The van der Waals surface area contributed by atoms with Crippen LogP contribution in [0.15, 0.2) is 12.4 Å². The smallest absolute Gasteiger partial charge is 0.134 e. The Morgan fingerprint density at radius 2 is 2.17 bits per heavy atom. The second kappa shape index (κ2) is 5.52. The fourth-order valence-electron chi connectivity index (χ4n) is 2.72. The lowest BCUT2D eigenvalue weighted by Gasteiger charge is -2.17. The van der Waals surface area contributed by atoms with Gasteiger partial charge < -0.3 is 15.5 Å². The maximum atomic E-state index is 4.36. The molecule has 2 aliphatic rings. The highest BCUT2D eigenvalue weighted by molar-refractivity contribution is 5.48. The Morgan fingerprint density at radius 3 is 2.94 bits per heavy atom. The average Bonchev–Trinajstić information content (AvgIpc) is 3.10. The molecule has 2 N–H and O–H groups in total. The van der Waals surface area contributed by atoms with E-state index in [4.69, 9.17) is 0 Å². The van der Waals surface area contributed by atoms with Gasteiger partial charge in [0.05, 0.1) is 0 Å². The summed E-state index contributed by atoms with van der Waals surface area (Å²) in [6, 6.07) is 2.66. The van der Waals surface area contributed by atoms with Crippen molar-refractivity contribution in [2.24, 2.45) is 0 Å². The number of hydrogen-bond acceptors (Lipinski definition) is 5. The Hall–Kier alpha value is -1.36. The molecule has 2 aliphatic heterocycles. The maximum absolute atomic E-state index is 4.36. The van der Waals surface area contributed by atoms with Crippen LogP contribution in [0, 0.1) is 0 Å². The fourth-order valence-corrected chi connectivity index (χ4v) is 2.72. The fraction of sp³-hybridized carbons (Fsp3) is 0.692. The van der Waals surface area contributed by atoms with Crippen molar-refractivity contribution in [1.29, 1.82) is 0 Å². The van der Waals surface area contributed by atoms with Crippen molar-refractivity contribution < 1.29 is 0 Å². The molecule has 3 heterocycles. The molecule has 98 valence electrons. The van der Waals surface area contributed by atoms with Crippen molar-refractivity contribution in [2.45, 2.75) is 31.7 Å². The molecule has 2 saturated heterocycles. The molecule has 0 bridgehead atoms. The zero-order valence-electron chi connectivity index (χ0n) is 10.7. The van der Waals surface area contributed by atoms with Crippen LogP contribution in [0.1, 0.15) is 25.7 Å². The third kappa shape index (κ3) is 2.72. The minimum absolute atomic E-state index is 0.593. The van der Waals surface area contributed by atoms with Crippen LogP contribution in [0.4, 0.5) is 11.6 Å². The summed E-state index contributed by atoms with van der Waals surface area (Å²) in [5, 5.41) is 6.89. The summed E-state index contributed by atoms with van der Waals surface area (Å²) in [6.07, 6.45) is 6.77. The van der Waals surface area contributed by atoms with E-state index in [9.17, 15) is 0 Å². The van der Waals surface area contributed by atoms with E-state index in [1.54, 1.807) is 6.33 Å². The van der Waals surface area contributed by atoms with E-state index in [0.717, 1.165) is 37.8 Å². The van der Waals surface area contributed by atoms with Crippen LogP contribution in [0.25, 0.3) is 0 Å². The molecule has 0 spiro atoms. The second-order valence-electron chi connectivity index (χ2n) is 5.13. The van der Waals surface area contributed by atoms with Gasteiger partial charge in [0.2, 0.25) is 0 Å². The third-order valence-corrected chi connectivity index (χ3v) is 3.77. The summed E-state index contributed by atoms with van der Waals surface area (Å²) in [5.41, 5.74) is 0. The molecule has 0 radical (unpaired) electrons. The first-order chi connectivity index (χ1) is 8.92. The first kappa shape index (κ1) is 11.7. The molecule has 1 unspecified atom stereocenters. The predicted molar refractivity (Wildman–Crippen MR) is 73.0 cm³/mol. The zero-order valence-corrected chi connectivity index (χ0v) is 10.7. The zero-order chi connectivity index (χ0) is 12.2. The summed E-state index contributed by atoms with van der Waals surface area (Å²) in [5.74, 6) is 2.00. The Labute approximate surface area is 108 Å². The molecule has 2 fully saturated rings. The average molecular weight is 247 g/mol. The van der Waals surface area contributed by atoms with Crippen molar-refractivity contribution >= 4 is 11.6 Å². The van der Waals surface area contributed by atoms with E-state index < -0.39 is 0 Å². The van der Waals surface area contributed by atoms with E-state index in [1.165, 1.54) is 25.7 Å². The Bertz CT molecular complexity index is 383. The number of aromatic nitrogens is 2. The normalized spacial score (nSPS) is 23.6. The van der Waals surface area contributed by atoms with Gasteiger partial charge in [-0.05, 0) is 32.2 Å². The summed E-state index contributed by atoms with van der Waals surface area (Å²) in [6.45, 7) is 4.35. The quantitative estimate of drug-likeness (QED) is 0.838. The maximum Gasteiger partial charge on any atom is 0.134 e. The van der Waals surface area contributed by atoms with Gasteiger partial charge >= 0.3 is 0 Å². The van der Waals surface area contributed by atoms with Gasteiger partial charge in [-0.2, -0.15) is 0 Å². The van der Waals surface area contributed by atoms with E-state index >= 15 is 0 Å². The number of anilines is 2. The van der Waals surface area contributed by atoms with Gasteiger partial charge in [-0.15, -0.1) is 0 Å². The highest BCUT2D eigenvalue weighted by atomic mass is 15.2.